The number of benzene rings is 1. The predicted molar refractivity (Wildman–Crippen MR) is 70.8 cm³/mol. The molecule has 1 saturated carbocycles. The lowest BCUT2D eigenvalue weighted by molar-refractivity contribution is 0.174. The van der Waals surface area contributed by atoms with E-state index < -0.39 is 0 Å². The SMILES string of the molecule is C(CNCc1ccc2c(c1)OCO2)=C1CCCC1. The lowest BCUT2D eigenvalue weighted by Crippen LogP contribution is -2.13. The van der Waals surface area contributed by atoms with Gasteiger partial charge in [-0.2, -0.15) is 0 Å². The van der Waals surface area contributed by atoms with Gasteiger partial charge in [-0.1, -0.05) is 17.7 Å². The van der Waals surface area contributed by atoms with E-state index in [9.17, 15) is 0 Å². The average molecular weight is 245 g/mol. The summed E-state index contributed by atoms with van der Waals surface area (Å²) in [6, 6.07) is 6.12. The van der Waals surface area contributed by atoms with Crippen LogP contribution in [0, 0.1) is 0 Å². The highest BCUT2D eigenvalue weighted by Gasteiger charge is 2.12. The molecule has 1 aliphatic heterocycles. The molecular formula is C15H19NO2. The molecule has 0 aromatic heterocycles. The number of rotatable bonds is 4. The number of nitrogens with one attached hydrogen (secondary N) is 1. The second-order valence-electron chi connectivity index (χ2n) is 4.89. The molecule has 0 unspecified atom stereocenters. The van der Waals surface area contributed by atoms with Gasteiger partial charge in [0.05, 0.1) is 0 Å². The fourth-order valence-electron chi connectivity index (χ4n) is 2.52. The van der Waals surface area contributed by atoms with Crippen LogP contribution in [0.15, 0.2) is 29.8 Å². The van der Waals surface area contributed by atoms with Crippen LogP contribution in [0.3, 0.4) is 0 Å². The molecule has 0 amide bonds. The highest BCUT2D eigenvalue weighted by Crippen LogP contribution is 2.32. The van der Waals surface area contributed by atoms with E-state index in [-0.39, 0.29) is 0 Å². The number of hydrogen-bond donors (Lipinski definition) is 1. The van der Waals surface area contributed by atoms with Gasteiger partial charge in [-0.3, -0.25) is 0 Å². The Bertz CT molecular complexity index is 446. The summed E-state index contributed by atoms with van der Waals surface area (Å²) in [6.07, 6.45) is 7.68. The highest BCUT2D eigenvalue weighted by atomic mass is 16.7. The van der Waals surface area contributed by atoms with Gasteiger partial charge in [0.2, 0.25) is 6.79 Å². The van der Waals surface area contributed by atoms with Gasteiger partial charge < -0.3 is 14.8 Å². The van der Waals surface area contributed by atoms with Crippen LogP contribution in [0.2, 0.25) is 0 Å². The summed E-state index contributed by atoms with van der Waals surface area (Å²) in [5, 5.41) is 3.45. The molecule has 96 valence electrons. The van der Waals surface area contributed by atoms with Crippen molar-refractivity contribution in [1.82, 2.24) is 5.32 Å². The van der Waals surface area contributed by atoms with Gasteiger partial charge in [-0.05, 0) is 43.4 Å². The number of ether oxygens (including phenoxy) is 2. The first-order chi connectivity index (χ1) is 8.92. The van der Waals surface area contributed by atoms with E-state index in [0.29, 0.717) is 6.79 Å². The van der Waals surface area contributed by atoms with E-state index in [0.717, 1.165) is 24.6 Å². The van der Waals surface area contributed by atoms with E-state index in [4.69, 9.17) is 9.47 Å². The van der Waals surface area contributed by atoms with E-state index in [1.165, 1.54) is 31.2 Å². The Hall–Kier alpha value is -1.48. The maximum Gasteiger partial charge on any atom is 0.231 e. The minimum absolute atomic E-state index is 0.346. The summed E-state index contributed by atoms with van der Waals surface area (Å²) < 4.78 is 10.7. The smallest absolute Gasteiger partial charge is 0.231 e. The molecule has 3 rings (SSSR count). The normalized spacial score (nSPS) is 17.2. The van der Waals surface area contributed by atoms with E-state index in [1.807, 2.05) is 6.07 Å². The summed E-state index contributed by atoms with van der Waals surface area (Å²) >= 11 is 0. The molecule has 1 heterocycles. The van der Waals surface area contributed by atoms with Crippen molar-refractivity contribution in [3.8, 4) is 11.5 Å². The van der Waals surface area contributed by atoms with E-state index >= 15 is 0 Å². The first kappa shape index (κ1) is 11.6. The lowest BCUT2D eigenvalue weighted by Gasteiger charge is -2.04. The maximum absolute atomic E-state index is 5.36. The zero-order valence-corrected chi connectivity index (χ0v) is 10.6. The first-order valence-corrected chi connectivity index (χ1v) is 6.69. The Morgan fingerprint density at radius 3 is 2.83 bits per heavy atom. The largest absolute Gasteiger partial charge is 0.454 e. The molecular weight excluding hydrogens is 226 g/mol. The molecule has 0 atom stereocenters. The number of hydrogen-bond acceptors (Lipinski definition) is 3. The van der Waals surface area contributed by atoms with Crippen molar-refractivity contribution in [2.75, 3.05) is 13.3 Å². The Labute approximate surface area is 108 Å². The molecule has 0 radical (unpaired) electrons. The molecule has 18 heavy (non-hydrogen) atoms. The van der Waals surface area contributed by atoms with Crippen LogP contribution in [0.5, 0.6) is 11.5 Å². The molecule has 3 heteroatoms. The van der Waals surface area contributed by atoms with Crippen LogP contribution in [0.4, 0.5) is 0 Å². The molecule has 0 bridgehead atoms. The van der Waals surface area contributed by atoms with Gasteiger partial charge in [0.1, 0.15) is 0 Å². The molecule has 1 aliphatic carbocycles. The lowest BCUT2D eigenvalue weighted by atomic mass is 10.2. The van der Waals surface area contributed by atoms with Crippen molar-refractivity contribution < 1.29 is 9.47 Å². The second kappa shape index (κ2) is 5.44. The van der Waals surface area contributed by atoms with Gasteiger partial charge >= 0.3 is 0 Å². The second-order valence-corrected chi connectivity index (χ2v) is 4.89. The molecule has 1 aromatic carbocycles. The van der Waals surface area contributed by atoms with E-state index in [2.05, 4.69) is 23.5 Å². The molecule has 2 aliphatic rings. The zero-order chi connectivity index (χ0) is 12.2. The van der Waals surface area contributed by atoms with Crippen molar-refractivity contribution in [2.45, 2.75) is 32.2 Å². The summed E-state index contributed by atoms with van der Waals surface area (Å²) in [4.78, 5) is 0. The Morgan fingerprint density at radius 2 is 1.94 bits per heavy atom. The average Bonchev–Trinajstić information content (AvgIpc) is 3.05. The quantitative estimate of drug-likeness (QED) is 0.653. The Morgan fingerprint density at radius 1 is 1.11 bits per heavy atom. The Kier molecular flexibility index (Phi) is 3.51. The minimum atomic E-state index is 0.346. The molecule has 3 nitrogen and oxygen atoms in total. The third kappa shape index (κ3) is 2.67. The standard InChI is InChI=1S/C15H19NO2/c1-2-4-12(3-1)7-8-16-10-13-5-6-14-15(9-13)18-11-17-14/h5-7,9,16H,1-4,8,10-11H2. The van der Waals surface area contributed by atoms with Crippen molar-refractivity contribution in [3.63, 3.8) is 0 Å². The molecule has 1 fully saturated rings. The first-order valence-electron chi connectivity index (χ1n) is 6.69. The minimum Gasteiger partial charge on any atom is -0.454 e. The van der Waals surface area contributed by atoms with Crippen LogP contribution < -0.4 is 14.8 Å². The van der Waals surface area contributed by atoms with Crippen LogP contribution in [-0.2, 0) is 6.54 Å². The molecule has 1 aromatic rings. The van der Waals surface area contributed by atoms with E-state index in [1.54, 1.807) is 5.57 Å². The van der Waals surface area contributed by atoms with Crippen LogP contribution >= 0.6 is 0 Å². The molecule has 1 N–H and O–H groups in total. The fourth-order valence-corrected chi connectivity index (χ4v) is 2.52. The molecule has 0 spiro atoms. The van der Waals surface area contributed by atoms with Crippen molar-refractivity contribution >= 4 is 0 Å². The van der Waals surface area contributed by atoms with Gasteiger partial charge in [0.25, 0.3) is 0 Å². The van der Waals surface area contributed by atoms with Gasteiger partial charge in [-0.25, -0.2) is 0 Å². The molecule has 0 saturated heterocycles. The highest BCUT2D eigenvalue weighted by molar-refractivity contribution is 5.44. The topological polar surface area (TPSA) is 30.5 Å². The monoisotopic (exact) mass is 245 g/mol. The van der Waals surface area contributed by atoms with Gasteiger partial charge in [0, 0.05) is 13.1 Å². The van der Waals surface area contributed by atoms with Crippen molar-refractivity contribution in [3.05, 3.63) is 35.4 Å². The van der Waals surface area contributed by atoms with Crippen LogP contribution in [0.25, 0.3) is 0 Å². The maximum atomic E-state index is 5.36. The third-order valence-corrected chi connectivity index (χ3v) is 3.55. The third-order valence-electron chi connectivity index (χ3n) is 3.55. The van der Waals surface area contributed by atoms with Gasteiger partial charge in [-0.15, -0.1) is 0 Å². The van der Waals surface area contributed by atoms with Crippen molar-refractivity contribution in [1.29, 1.82) is 0 Å². The van der Waals surface area contributed by atoms with Crippen LogP contribution in [-0.4, -0.2) is 13.3 Å². The number of allylic oxidation sites excluding steroid dienone is 1. The summed E-state index contributed by atoms with van der Waals surface area (Å²) in [5.74, 6) is 1.72. The summed E-state index contributed by atoms with van der Waals surface area (Å²) in [6.45, 7) is 2.18. The zero-order valence-electron chi connectivity index (χ0n) is 10.6. The predicted octanol–water partition coefficient (Wildman–Crippen LogP) is 3.01. The van der Waals surface area contributed by atoms with Crippen LogP contribution in [0.1, 0.15) is 31.2 Å². The van der Waals surface area contributed by atoms with Crippen molar-refractivity contribution in [2.24, 2.45) is 0 Å². The summed E-state index contributed by atoms with van der Waals surface area (Å²) in [7, 11) is 0. The number of fused-ring (bicyclic) bond motifs is 1. The fraction of sp³-hybridized carbons (Fsp3) is 0.467. The summed E-state index contributed by atoms with van der Waals surface area (Å²) in [5.41, 5.74) is 2.86. The van der Waals surface area contributed by atoms with Gasteiger partial charge in [0.15, 0.2) is 11.5 Å². The Balaban J connectivity index is 1.49.